The third kappa shape index (κ3) is 3.65. The molecular weight excluding hydrogens is 420 g/mol. The van der Waals surface area contributed by atoms with Crippen LogP contribution in [0, 0.1) is 0 Å². The Bertz CT molecular complexity index is 1670. The molecule has 0 aliphatic carbocycles. The summed E-state index contributed by atoms with van der Waals surface area (Å²) in [4.78, 5) is 17.7. The van der Waals surface area contributed by atoms with Gasteiger partial charge in [-0.25, -0.2) is 4.79 Å². The molecule has 0 saturated heterocycles. The first-order valence-electron chi connectivity index (χ1n) is 11.2. The van der Waals surface area contributed by atoms with E-state index in [0.29, 0.717) is 18.0 Å². The predicted octanol–water partition coefficient (Wildman–Crippen LogP) is 6.10. The van der Waals surface area contributed by atoms with Gasteiger partial charge in [-0.05, 0) is 39.7 Å². The van der Waals surface area contributed by atoms with Crippen molar-refractivity contribution in [2.45, 2.75) is 6.54 Å². The van der Waals surface area contributed by atoms with Crippen molar-refractivity contribution in [1.29, 1.82) is 0 Å². The van der Waals surface area contributed by atoms with E-state index >= 15 is 0 Å². The van der Waals surface area contributed by atoms with E-state index in [4.69, 9.17) is 4.74 Å². The van der Waals surface area contributed by atoms with Gasteiger partial charge in [-0.1, -0.05) is 78.9 Å². The molecule has 0 aliphatic heterocycles. The Labute approximate surface area is 196 Å². The van der Waals surface area contributed by atoms with Crippen molar-refractivity contribution in [2.75, 3.05) is 0 Å². The van der Waals surface area contributed by atoms with E-state index in [1.165, 1.54) is 0 Å². The smallest absolute Gasteiger partial charge is 0.410 e. The lowest BCUT2D eigenvalue weighted by molar-refractivity contribution is -0.691. The van der Waals surface area contributed by atoms with Crippen molar-refractivity contribution in [3.05, 3.63) is 127 Å². The Hall–Kier alpha value is -4.57. The molecule has 1 heterocycles. The molecule has 0 saturated carbocycles. The largest absolute Gasteiger partial charge is 0.417 e. The summed E-state index contributed by atoms with van der Waals surface area (Å²) in [6, 6.07) is 32.6. The SMILES string of the molecule is O=C(Oc1c2ccccc2cc2cc3ccccc3cc12)c1cncc[n+]1Cc1ccccc1. The maximum absolute atomic E-state index is 13.5. The summed E-state index contributed by atoms with van der Waals surface area (Å²) in [5.74, 6) is 0.133. The van der Waals surface area contributed by atoms with Crippen molar-refractivity contribution >= 4 is 38.3 Å². The Morgan fingerprint density at radius 1 is 0.735 bits per heavy atom. The van der Waals surface area contributed by atoms with Crippen LogP contribution < -0.4 is 9.30 Å². The summed E-state index contributed by atoms with van der Waals surface area (Å²) in [6.45, 7) is 0.550. The second-order valence-corrected chi connectivity index (χ2v) is 8.31. The van der Waals surface area contributed by atoms with Crippen LogP contribution in [0.1, 0.15) is 16.1 Å². The first-order valence-corrected chi connectivity index (χ1v) is 11.2. The molecule has 34 heavy (non-hydrogen) atoms. The van der Waals surface area contributed by atoms with Gasteiger partial charge >= 0.3 is 11.7 Å². The second kappa shape index (κ2) is 8.41. The lowest BCUT2D eigenvalue weighted by atomic mass is 9.98. The molecule has 0 atom stereocenters. The summed E-state index contributed by atoms with van der Waals surface area (Å²) in [5.41, 5.74) is 1.49. The lowest BCUT2D eigenvalue weighted by Gasteiger charge is -2.12. The number of hydrogen-bond acceptors (Lipinski definition) is 3. The zero-order chi connectivity index (χ0) is 22.9. The molecule has 0 N–H and O–H groups in total. The molecule has 1 aromatic heterocycles. The van der Waals surface area contributed by atoms with Gasteiger partial charge in [-0.3, -0.25) is 4.98 Å². The van der Waals surface area contributed by atoms with E-state index in [-0.39, 0.29) is 0 Å². The number of aromatic nitrogens is 2. The van der Waals surface area contributed by atoms with Crippen LogP contribution in [0.2, 0.25) is 0 Å². The molecule has 0 bridgehead atoms. The summed E-state index contributed by atoms with van der Waals surface area (Å²) < 4.78 is 8.02. The lowest BCUT2D eigenvalue weighted by Crippen LogP contribution is -2.42. The number of fused-ring (bicyclic) bond motifs is 3. The number of carbonyl (C=O) groups is 1. The third-order valence-corrected chi connectivity index (χ3v) is 6.12. The van der Waals surface area contributed by atoms with Gasteiger partial charge in [0.2, 0.25) is 0 Å². The van der Waals surface area contributed by atoms with E-state index in [1.807, 2.05) is 71.3 Å². The number of ether oxygens (including phenoxy) is 1. The van der Waals surface area contributed by atoms with Gasteiger partial charge in [0.05, 0.1) is 6.20 Å². The quantitative estimate of drug-likeness (QED) is 0.144. The highest BCUT2D eigenvalue weighted by molar-refractivity contribution is 6.11. The van der Waals surface area contributed by atoms with Gasteiger partial charge < -0.3 is 4.74 Å². The van der Waals surface area contributed by atoms with Crippen molar-refractivity contribution in [3.8, 4) is 5.75 Å². The van der Waals surface area contributed by atoms with Gasteiger partial charge in [0.25, 0.3) is 0 Å². The number of nitrogens with zero attached hydrogens (tertiary/aromatic N) is 2. The number of carbonyl (C=O) groups excluding carboxylic acids is 1. The van der Waals surface area contributed by atoms with Gasteiger partial charge in [0.1, 0.15) is 11.9 Å². The molecule has 0 radical (unpaired) electrons. The summed E-state index contributed by atoms with van der Waals surface area (Å²) in [7, 11) is 0. The fourth-order valence-electron chi connectivity index (χ4n) is 4.45. The van der Waals surface area contributed by atoms with Crippen LogP contribution in [0.15, 0.2) is 116 Å². The number of benzene rings is 5. The minimum absolute atomic E-state index is 0.397. The van der Waals surface area contributed by atoms with E-state index in [9.17, 15) is 4.79 Å². The van der Waals surface area contributed by atoms with Gasteiger partial charge in [0, 0.05) is 16.3 Å². The molecule has 0 unspecified atom stereocenters. The zero-order valence-corrected chi connectivity index (χ0v) is 18.4. The van der Waals surface area contributed by atoms with E-state index in [2.05, 4.69) is 35.3 Å². The minimum Gasteiger partial charge on any atom is -0.417 e. The molecule has 0 spiro atoms. The monoisotopic (exact) mass is 441 g/mol. The third-order valence-electron chi connectivity index (χ3n) is 6.12. The molecule has 0 amide bonds. The second-order valence-electron chi connectivity index (χ2n) is 8.31. The molecule has 4 nitrogen and oxygen atoms in total. The van der Waals surface area contributed by atoms with Crippen LogP contribution in [0.3, 0.4) is 0 Å². The number of esters is 1. The Kier molecular flexibility index (Phi) is 4.96. The van der Waals surface area contributed by atoms with Gasteiger partial charge in [0.15, 0.2) is 12.7 Å². The topological polar surface area (TPSA) is 43.1 Å². The van der Waals surface area contributed by atoms with Gasteiger partial charge in [-0.2, -0.15) is 4.57 Å². The van der Waals surface area contributed by atoms with Crippen LogP contribution >= 0.6 is 0 Å². The van der Waals surface area contributed by atoms with Crippen molar-refractivity contribution < 1.29 is 14.1 Å². The van der Waals surface area contributed by atoms with Crippen molar-refractivity contribution in [1.82, 2.24) is 4.98 Å². The summed E-state index contributed by atoms with van der Waals surface area (Å²) in [6.07, 6.45) is 5.05. The van der Waals surface area contributed by atoms with E-state index in [0.717, 1.165) is 37.9 Å². The average Bonchev–Trinajstić information content (AvgIpc) is 2.88. The predicted molar refractivity (Wildman–Crippen MR) is 134 cm³/mol. The normalized spacial score (nSPS) is 11.2. The molecule has 4 heteroatoms. The number of rotatable bonds is 4. The van der Waals surface area contributed by atoms with Crippen LogP contribution in [0.4, 0.5) is 0 Å². The molecule has 6 rings (SSSR count). The molecule has 6 aromatic rings. The first-order chi connectivity index (χ1) is 16.8. The Morgan fingerprint density at radius 2 is 1.41 bits per heavy atom. The standard InChI is InChI=1S/C30H21N2O2/c33-30(28-19-31-14-15-32(28)20-21-8-2-1-3-9-21)34-29-26-13-7-6-12-24(26)17-25-16-22-10-4-5-11-23(22)18-27(25)29/h1-19H,20H2/q+1. The highest BCUT2D eigenvalue weighted by atomic mass is 16.5. The number of hydrogen-bond donors (Lipinski definition) is 0. The van der Waals surface area contributed by atoms with Crippen LogP contribution in [-0.4, -0.2) is 11.0 Å². The minimum atomic E-state index is -0.435. The maximum Gasteiger partial charge on any atom is 0.410 e. The van der Waals surface area contributed by atoms with Crippen LogP contribution in [0.5, 0.6) is 5.75 Å². The van der Waals surface area contributed by atoms with E-state index < -0.39 is 5.97 Å². The maximum atomic E-state index is 13.5. The fraction of sp³-hybridized carbons (Fsp3) is 0.0333. The molecule has 5 aromatic carbocycles. The molecular formula is C30H21N2O2+. The van der Waals surface area contributed by atoms with Gasteiger partial charge in [-0.15, -0.1) is 0 Å². The summed E-state index contributed by atoms with van der Waals surface area (Å²) >= 11 is 0. The van der Waals surface area contributed by atoms with Crippen LogP contribution in [-0.2, 0) is 6.54 Å². The highest BCUT2D eigenvalue weighted by Gasteiger charge is 2.24. The average molecular weight is 442 g/mol. The van der Waals surface area contributed by atoms with E-state index in [1.54, 1.807) is 18.6 Å². The summed E-state index contributed by atoms with van der Waals surface area (Å²) in [5, 5.41) is 6.11. The van der Waals surface area contributed by atoms with Crippen molar-refractivity contribution in [3.63, 3.8) is 0 Å². The highest BCUT2D eigenvalue weighted by Crippen LogP contribution is 2.37. The molecule has 0 fully saturated rings. The Balaban J connectivity index is 1.48. The fourth-order valence-corrected chi connectivity index (χ4v) is 4.45. The zero-order valence-electron chi connectivity index (χ0n) is 18.4. The Morgan fingerprint density at radius 3 is 2.24 bits per heavy atom. The molecule has 0 aliphatic rings. The van der Waals surface area contributed by atoms with Crippen molar-refractivity contribution in [2.24, 2.45) is 0 Å². The van der Waals surface area contributed by atoms with Crippen LogP contribution in [0.25, 0.3) is 32.3 Å². The molecule has 162 valence electrons. The first kappa shape index (κ1) is 20.1.